The van der Waals surface area contributed by atoms with Crippen LogP contribution in [-0.2, 0) is 4.79 Å². The highest BCUT2D eigenvalue weighted by Crippen LogP contribution is 2.50. The molecule has 1 amide bonds. The van der Waals surface area contributed by atoms with Crippen LogP contribution in [0.2, 0.25) is 0 Å². The summed E-state index contributed by atoms with van der Waals surface area (Å²) in [5.41, 5.74) is 0.472. The minimum Gasteiger partial charge on any atom is -0.356 e. The highest BCUT2D eigenvalue weighted by atomic mass is 16.1. The van der Waals surface area contributed by atoms with Gasteiger partial charge >= 0.3 is 0 Å². The van der Waals surface area contributed by atoms with Crippen molar-refractivity contribution in [2.45, 2.75) is 39.5 Å². The fourth-order valence-corrected chi connectivity index (χ4v) is 2.59. The van der Waals surface area contributed by atoms with Crippen molar-refractivity contribution < 1.29 is 4.79 Å². The summed E-state index contributed by atoms with van der Waals surface area (Å²) in [7, 11) is 0. The van der Waals surface area contributed by atoms with E-state index in [0.29, 0.717) is 23.7 Å². The molecule has 0 bridgehead atoms. The fraction of sp³-hybridized carbons (Fsp3) is 0.923. The van der Waals surface area contributed by atoms with Gasteiger partial charge in [0.25, 0.3) is 0 Å². The summed E-state index contributed by atoms with van der Waals surface area (Å²) in [5.74, 6) is 1.51. The second-order valence-corrected chi connectivity index (χ2v) is 6.11. The summed E-state index contributed by atoms with van der Waals surface area (Å²) in [5, 5.41) is 6.43. The average Bonchev–Trinajstić information content (AvgIpc) is 2.85. The summed E-state index contributed by atoms with van der Waals surface area (Å²) in [6, 6.07) is 0. The molecule has 0 aromatic carbocycles. The van der Waals surface area contributed by atoms with Crippen molar-refractivity contribution in [1.82, 2.24) is 10.6 Å². The second-order valence-electron chi connectivity index (χ2n) is 6.11. The largest absolute Gasteiger partial charge is 0.356 e. The summed E-state index contributed by atoms with van der Waals surface area (Å²) < 4.78 is 0. The second kappa shape index (κ2) is 4.74. The van der Waals surface area contributed by atoms with E-state index in [1.807, 2.05) is 0 Å². The van der Waals surface area contributed by atoms with Crippen molar-refractivity contribution in [3.8, 4) is 0 Å². The van der Waals surface area contributed by atoms with Gasteiger partial charge in [-0.05, 0) is 49.6 Å². The number of hydrogen-bond donors (Lipinski definition) is 2. The molecule has 2 aliphatic rings. The quantitative estimate of drug-likeness (QED) is 0.760. The van der Waals surface area contributed by atoms with Crippen LogP contribution in [0.5, 0.6) is 0 Å². The molecule has 1 saturated carbocycles. The minimum absolute atomic E-state index is 0.247. The van der Waals surface area contributed by atoms with Crippen LogP contribution in [0.15, 0.2) is 0 Å². The van der Waals surface area contributed by atoms with Gasteiger partial charge in [0.15, 0.2) is 0 Å². The van der Waals surface area contributed by atoms with Crippen LogP contribution in [0.4, 0.5) is 0 Å². The third-order valence-corrected chi connectivity index (χ3v) is 4.14. The van der Waals surface area contributed by atoms with Crippen LogP contribution in [0.3, 0.4) is 0 Å². The summed E-state index contributed by atoms with van der Waals surface area (Å²) >= 11 is 0. The molecule has 16 heavy (non-hydrogen) atoms. The van der Waals surface area contributed by atoms with Crippen molar-refractivity contribution >= 4 is 5.91 Å². The number of carbonyl (C=O) groups is 1. The van der Waals surface area contributed by atoms with Gasteiger partial charge in [-0.2, -0.15) is 0 Å². The molecule has 0 spiro atoms. The summed E-state index contributed by atoms with van der Waals surface area (Å²) in [6.07, 6.45) is 4.39. The molecule has 0 aromatic heterocycles. The normalized spacial score (nSPS) is 32.1. The molecule has 3 nitrogen and oxygen atoms in total. The van der Waals surface area contributed by atoms with Crippen LogP contribution >= 0.6 is 0 Å². The number of carbonyl (C=O) groups excluding carboxylic acids is 1. The Kier molecular flexibility index (Phi) is 3.53. The lowest BCUT2D eigenvalue weighted by Crippen LogP contribution is -2.35. The molecule has 0 aromatic rings. The Bertz CT molecular complexity index is 257. The topological polar surface area (TPSA) is 41.1 Å². The number of amides is 1. The maximum atomic E-state index is 11.7. The van der Waals surface area contributed by atoms with Gasteiger partial charge in [-0.3, -0.25) is 4.79 Å². The molecule has 1 aliphatic carbocycles. The zero-order valence-corrected chi connectivity index (χ0v) is 10.5. The Morgan fingerprint density at radius 1 is 1.50 bits per heavy atom. The predicted octanol–water partition coefficient (Wildman–Crippen LogP) is 1.54. The Labute approximate surface area is 98.4 Å². The van der Waals surface area contributed by atoms with Gasteiger partial charge in [0.2, 0.25) is 5.91 Å². The number of piperidine rings is 1. The molecule has 2 atom stereocenters. The Balaban J connectivity index is 1.61. The van der Waals surface area contributed by atoms with Crippen molar-refractivity contribution in [2.24, 2.45) is 17.3 Å². The van der Waals surface area contributed by atoms with Gasteiger partial charge in [0, 0.05) is 13.0 Å². The Morgan fingerprint density at radius 2 is 2.25 bits per heavy atom. The van der Waals surface area contributed by atoms with Gasteiger partial charge in [-0.25, -0.2) is 0 Å². The van der Waals surface area contributed by atoms with Crippen LogP contribution in [0, 0.1) is 17.3 Å². The monoisotopic (exact) mass is 224 g/mol. The molecule has 0 radical (unpaired) electrons. The Hall–Kier alpha value is -0.570. The van der Waals surface area contributed by atoms with E-state index in [1.54, 1.807) is 0 Å². The SMILES string of the molecule is CC1(C)CC1CNC(=O)CC1CCCNC1. The van der Waals surface area contributed by atoms with E-state index in [0.717, 1.165) is 19.6 Å². The van der Waals surface area contributed by atoms with E-state index in [-0.39, 0.29) is 5.91 Å². The predicted molar refractivity (Wildman–Crippen MR) is 65.1 cm³/mol. The minimum atomic E-state index is 0.247. The molecule has 1 heterocycles. The first-order valence-corrected chi connectivity index (χ1v) is 6.55. The van der Waals surface area contributed by atoms with E-state index >= 15 is 0 Å². The number of hydrogen-bond acceptors (Lipinski definition) is 2. The summed E-state index contributed by atoms with van der Waals surface area (Å²) in [4.78, 5) is 11.7. The number of rotatable bonds is 4. The Morgan fingerprint density at radius 3 is 2.81 bits per heavy atom. The first-order valence-electron chi connectivity index (χ1n) is 6.55. The van der Waals surface area contributed by atoms with Crippen LogP contribution in [0.1, 0.15) is 39.5 Å². The van der Waals surface area contributed by atoms with Crippen molar-refractivity contribution in [1.29, 1.82) is 0 Å². The zero-order chi connectivity index (χ0) is 11.6. The van der Waals surface area contributed by atoms with Gasteiger partial charge in [-0.1, -0.05) is 13.8 Å². The molecule has 2 unspecified atom stereocenters. The first-order chi connectivity index (χ1) is 7.58. The van der Waals surface area contributed by atoms with E-state index in [4.69, 9.17) is 0 Å². The van der Waals surface area contributed by atoms with Crippen LogP contribution < -0.4 is 10.6 Å². The maximum Gasteiger partial charge on any atom is 0.220 e. The molecule has 1 saturated heterocycles. The third kappa shape index (κ3) is 3.21. The van der Waals surface area contributed by atoms with Crippen LogP contribution in [0.25, 0.3) is 0 Å². The zero-order valence-electron chi connectivity index (χ0n) is 10.5. The van der Waals surface area contributed by atoms with Gasteiger partial charge in [0.1, 0.15) is 0 Å². The van der Waals surface area contributed by atoms with Crippen molar-refractivity contribution in [2.75, 3.05) is 19.6 Å². The molecule has 3 heteroatoms. The number of nitrogens with one attached hydrogen (secondary N) is 2. The van der Waals surface area contributed by atoms with Gasteiger partial charge in [0.05, 0.1) is 0 Å². The maximum absolute atomic E-state index is 11.7. The first kappa shape index (κ1) is 11.9. The van der Waals surface area contributed by atoms with E-state index in [9.17, 15) is 4.79 Å². The molecular weight excluding hydrogens is 200 g/mol. The molecule has 2 fully saturated rings. The lowest BCUT2D eigenvalue weighted by atomic mass is 9.96. The fourth-order valence-electron chi connectivity index (χ4n) is 2.59. The van der Waals surface area contributed by atoms with Crippen molar-refractivity contribution in [3.05, 3.63) is 0 Å². The molecule has 92 valence electrons. The van der Waals surface area contributed by atoms with E-state index < -0.39 is 0 Å². The molecule has 1 aliphatic heterocycles. The average molecular weight is 224 g/mol. The lowest BCUT2D eigenvalue weighted by Gasteiger charge is -2.22. The standard InChI is InChI=1S/C13H24N2O/c1-13(2)7-11(13)9-15-12(16)6-10-4-3-5-14-8-10/h10-11,14H,3-9H2,1-2H3,(H,15,16). The summed E-state index contributed by atoms with van der Waals surface area (Å²) in [6.45, 7) is 7.56. The molecule has 2 rings (SSSR count). The van der Waals surface area contributed by atoms with E-state index in [2.05, 4.69) is 24.5 Å². The van der Waals surface area contributed by atoms with E-state index in [1.165, 1.54) is 19.3 Å². The van der Waals surface area contributed by atoms with Gasteiger partial charge < -0.3 is 10.6 Å². The molecule has 2 N–H and O–H groups in total. The highest BCUT2D eigenvalue weighted by molar-refractivity contribution is 5.76. The molecular formula is C13H24N2O. The third-order valence-electron chi connectivity index (χ3n) is 4.14. The van der Waals surface area contributed by atoms with Crippen LogP contribution in [-0.4, -0.2) is 25.5 Å². The smallest absolute Gasteiger partial charge is 0.220 e. The van der Waals surface area contributed by atoms with Gasteiger partial charge in [-0.15, -0.1) is 0 Å². The highest BCUT2D eigenvalue weighted by Gasteiger charge is 2.45. The lowest BCUT2D eigenvalue weighted by molar-refractivity contribution is -0.122. The van der Waals surface area contributed by atoms with Crippen molar-refractivity contribution in [3.63, 3.8) is 0 Å².